The van der Waals surface area contributed by atoms with Gasteiger partial charge in [0.05, 0.1) is 17.8 Å². The first kappa shape index (κ1) is 20.6. The number of furan rings is 1. The second-order valence-electron chi connectivity index (χ2n) is 7.85. The molecule has 2 saturated heterocycles. The molecule has 2 aliphatic heterocycles. The second kappa shape index (κ2) is 8.23. The van der Waals surface area contributed by atoms with Crippen molar-refractivity contribution in [2.45, 2.75) is 19.4 Å². The number of carbonyl (C=O) groups is 2. The van der Waals surface area contributed by atoms with E-state index < -0.39 is 9.84 Å². The van der Waals surface area contributed by atoms with Gasteiger partial charge in [0, 0.05) is 43.5 Å². The van der Waals surface area contributed by atoms with Gasteiger partial charge < -0.3 is 14.6 Å². The quantitative estimate of drug-likeness (QED) is 0.792. The number of piperazine rings is 1. The molecular weight excluding hydrogens is 406 g/mol. The monoisotopic (exact) mass is 431 g/mol. The number of rotatable bonds is 4. The fourth-order valence-electron chi connectivity index (χ4n) is 4.02. The van der Waals surface area contributed by atoms with Crippen LogP contribution < -0.4 is 5.32 Å². The summed E-state index contributed by atoms with van der Waals surface area (Å²) in [7, 11) is -2.92. The molecule has 0 saturated carbocycles. The van der Waals surface area contributed by atoms with Gasteiger partial charge in [-0.25, -0.2) is 8.42 Å². The van der Waals surface area contributed by atoms with Crippen LogP contribution in [0.4, 0.5) is 5.69 Å². The molecule has 1 aromatic heterocycles. The Morgan fingerprint density at radius 2 is 1.90 bits per heavy atom. The van der Waals surface area contributed by atoms with Crippen LogP contribution in [0.15, 0.2) is 41.0 Å². The zero-order chi connectivity index (χ0) is 21.3. The Kier molecular flexibility index (Phi) is 5.66. The Labute approximate surface area is 175 Å². The highest BCUT2D eigenvalue weighted by molar-refractivity contribution is 7.91. The molecule has 30 heavy (non-hydrogen) atoms. The lowest BCUT2D eigenvalue weighted by molar-refractivity contribution is 0.0587. The normalized spacial score (nSPS) is 21.5. The van der Waals surface area contributed by atoms with E-state index in [1.54, 1.807) is 29.2 Å². The minimum Gasteiger partial charge on any atom is -0.459 e. The van der Waals surface area contributed by atoms with Gasteiger partial charge in [-0.2, -0.15) is 0 Å². The van der Waals surface area contributed by atoms with E-state index in [1.165, 1.54) is 6.26 Å². The summed E-state index contributed by atoms with van der Waals surface area (Å²) in [6.45, 7) is 4.30. The largest absolute Gasteiger partial charge is 0.459 e. The Morgan fingerprint density at radius 1 is 1.13 bits per heavy atom. The van der Waals surface area contributed by atoms with E-state index in [9.17, 15) is 18.0 Å². The van der Waals surface area contributed by atoms with Crippen molar-refractivity contribution in [1.29, 1.82) is 0 Å². The molecule has 2 fully saturated rings. The van der Waals surface area contributed by atoms with Crippen molar-refractivity contribution < 1.29 is 22.4 Å². The summed E-state index contributed by atoms with van der Waals surface area (Å²) >= 11 is 0. The van der Waals surface area contributed by atoms with Crippen molar-refractivity contribution in [2.24, 2.45) is 0 Å². The molecule has 1 atom stereocenters. The third-order valence-electron chi connectivity index (χ3n) is 5.80. The first-order valence-electron chi connectivity index (χ1n) is 10.0. The lowest BCUT2D eigenvalue weighted by Crippen LogP contribution is -2.52. The van der Waals surface area contributed by atoms with E-state index in [-0.39, 0.29) is 35.1 Å². The van der Waals surface area contributed by atoms with Crippen LogP contribution >= 0.6 is 0 Å². The maximum absolute atomic E-state index is 13.0. The van der Waals surface area contributed by atoms with Gasteiger partial charge in [-0.3, -0.25) is 14.5 Å². The second-order valence-corrected chi connectivity index (χ2v) is 10.1. The summed E-state index contributed by atoms with van der Waals surface area (Å²) in [5.74, 6) is 0.218. The lowest BCUT2D eigenvalue weighted by Gasteiger charge is -2.37. The van der Waals surface area contributed by atoms with Crippen LogP contribution in [0.3, 0.4) is 0 Å². The summed E-state index contributed by atoms with van der Waals surface area (Å²) in [5, 5.41) is 2.79. The van der Waals surface area contributed by atoms with Crippen LogP contribution in [0.25, 0.3) is 0 Å². The van der Waals surface area contributed by atoms with E-state index in [4.69, 9.17) is 4.42 Å². The molecule has 0 spiro atoms. The maximum Gasteiger partial charge on any atom is 0.291 e. The summed E-state index contributed by atoms with van der Waals surface area (Å²) in [6.07, 6.45) is 2.11. The van der Waals surface area contributed by atoms with Gasteiger partial charge in [-0.05, 0) is 43.2 Å². The summed E-state index contributed by atoms with van der Waals surface area (Å²) in [4.78, 5) is 29.2. The molecule has 8 nitrogen and oxygen atoms in total. The van der Waals surface area contributed by atoms with Crippen molar-refractivity contribution in [1.82, 2.24) is 9.80 Å². The third kappa shape index (κ3) is 4.41. The van der Waals surface area contributed by atoms with Gasteiger partial charge in [0.1, 0.15) is 0 Å². The molecule has 0 radical (unpaired) electrons. The standard InChI is InChI=1S/C21H25N3O5S/c1-15-4-5-16(13-18(15)22-20(25)19-3-2-11-29-19)21(26)24-9-7-23(8-10-24)17-6-12-30(27,28)14-17/h2-5,11,13,17H,6-10,12,14H2,1H3,(H,22,25). The van der Waals surface area contributed by atoms with Crippen LogP contribution in [0.2, 0.25) is 0 Å². The molecule has 0 aliphatic carbocycles. The molecule has 2 aromatic rings. The van der Waals surface area contributed by atoms with E-state index in [0.29, 0.717) is 43.9 Å². The van der Waals surface area contributed by atoms with E-state index in [0.717, 1.165) is 5.56 Å². The van der Waals surface area contributed by atoms with Gasteiger partial charge in [-0.15, -0.1) is 0 Å². The van der Waals surface area contributed by atoms with Crippen molar-refractivity contribution in [2.75, 3.05) is 43.0 Å². The average molecular weight is 432 g/mol. The van der Waals surface area contributed by atoms with Crippen LogP contribution in [-0.2, 0) is 9.84 Å². The number of hydrogen-bond acceptors (Lipinski definition) is 6. The summed E-state index contributed by atoms with van der Waals surface area (Å²) < 4.78 is 28.6. The first-order chi connectivity index (χ1) is 14.3. The molecule has 9 heteroatoms. The van der Waals surface area contributed by atoms with Crippen molar-refractivity contribution >= 4 is 27.3 Å². The van der Waals surface area contributed by atoms with Gasteiger partial charge in [0.2, 0.25) is 0 Å². The molecule has 4 rings (SSSR count). The SMILES string of the molecule is Cc1ccc(C(=O)N2CCN(C3CCS(=O)(=O)C3)CC2)cc1NC(=O)c1ccco1. The number of sulfone groups is 1. The predicted octanol–water partition coefficient (Wildman–Crippen LogP) is 1.79. The number of benzene rings is 1. The first-order valence-corrected chi connectivity index (χ1v) is 11.8. The fourth-order valence-corrected chi connectivity index (χ4v) is 5.78. The maximum atomic E-state index is 13.0. The molecule has 160 valence electrons. The molecule has 0 bridgehead atoms. The zero-order valence-electron chi connectivity index (χ0n) is 16.8. The minimum absolute atomic E-state index is 0.0649. The fraction of sp³-hybridized carbons (Fsp3) is 0.429. The van der Waals surface area contributed by atoms with Gasteiger partial charge in [0.15, 0.2) is 15.6 Å². The third-order valence-corrected chi connectivity index (χ3v) is 7.55. The predicted molar refractivity (Wildman–Crippen MR) is 112 cm³/mol. The van der Waals surface area contributed by atoms with E-state index >= 15 is 0 Å². The topological polar surface area (TPSA) is 99.9 Å². The molecule has 1 aromatic carbocycles. The smallest absolute Gasteiger partial charge is 0.291 e. The molecule has 1 unspecified atom stereocenters. The average Bonchev–Trinajstić information content (AvgIpc) is 3.39. The van der Waals surface area contributed by atoms with Crippen molar-refractivity contribution in [3.63, 3.8) is 0 Å². The lowest BCUT2D eigenvalue weighted by atomic mass is 10.1. The summed E-state index contributed by atoms with van der Waals surface area (Å²) in [5.41, 5.74) is 1.92. The Balaban J connectivity index is 1.40. The highest BCUT2D eigenvalue weighted by Crippen LogP contribution is 2.22. The van der Waals surface area contributed by atoms with Gasteiger partial charge in [-0.1, -0.05) is 6.07 Å². The molecule has 2 amide bonds. The zero-order valence-corrected chi connectivity index (χ0v) is 17.7. The van der Waals surface area contributed by atoms with Crippen molar-refractivity contribution in [3.05, 3.63) is 53.5 Å². The Morgan fingerprint density at radius 3 is 2.53 bits per heavy atom. The van der Waals surface area contributed by atoms with Crippen LogP contribution in [-0.4, -0.2) is 73.8 Å². The van der Waals surface area contributed by atoms with Crippen LogP contribution in [0.1, 0.15) is 32.9 Å². The number of aryl methyl sites for hydroxylation is 1. The highest BCUT2D eigenvalue weighted by Gasteiger charge is 2.34. The molecular formula is C21H25N3O5S. The minimum atomic E-state index is -2.92. The Bertz CT molecular complexity index is 1040. The van der Waals surface area contributed by atoms with E-state index in [1.807, 2.05) is 13.0 Å². The molecule has 3 heterocycles. The summed E-state index contributed by atoms with van der Waals surface area (Å²) in [6, 6.07) is 8.54. The van der Waals surface area contributed by atoms with Crippen molar-refractivity contribution in [3.8, 4) is 0 Å². The number of amides is 2. The van der Waals surface area contributed by atoms with Crippen LogP contribution in [0.5, 0.6) is 0 Å². The van der Waals surface area contributed by atoms with Gasteiger partial charge >= 0.3 is 0 Å². The Hall–Kier alpha value is -2.65. The molecule has 1 N–H and O–H groups in total. The van der Waals surface area contributed by atoms with E-state index in [2.05, 4.69) is 10.2 Å². The number of nitrogens with one attached hydrogen (secondary N) is 1. The van der Waals surface area contributed by atoms with Gasteiger partial charge in [0.25, 0.3) is 11.8 Å². The highest BCUT2D eigenvalue weighted by atomic mass is 32.2. The van der Waals surface area contributed by atoms with Crippen LogP contribution in [0, 0.1) is 6.92 Å². The number of nitrogens with zero attached hydrogens (tertiary/aromatic N) is 2. The number of anilines is 1. The molecule has 2 aliphatic rings. The number of carbonyl (C=O) groups excluding carboxylic acids is 2. The number of hydrogen-bond donors (Lipinski definition) is 1.